The minimum Gasteiger partial charge on any atom is -0.472 e. The number of hydrogen-bond donors (Lipinski definition) is 1. The molecule has 28 heavy (non-hydrogen) atoms. The van der Waals surface area contributed by atoms with Crippen LogP contribution in [-0.4, -0.2) is 17.7 Å². The lowest BCUT2D eigenvalue weighted by molar-refractivity contribution is 0.103. The second kappa shape index (κ2) is 6.86. The molecule has 2 aromatic carbocycles. The zero-order chi connectivity index (χ0) is 18.9. The molecule has 138 valence electrons. The van der Waals surface area contributed by atoms with Gasteiger partial charge in [-0.25, -0.2) is 4.98 Å². The zero-order valence-electron chi connectivity index (χ0n) is 14.5. The quantitative estimate of drug-likeness (QED) is 0.528. The van der Waals surface area contributed by atoms with Gasteiger partial charge in [0.2, 0.25) is 6.79 Å². The number of nitrogens with zero attached hydrogens (tertiary/aromatic N) is 1. The van der Waals surface area contributed by atoms with Crippen molar-refractivity contribution in [3.63, 3.8) is 0 Å². The van der Waals surface area contributed by atoms with Gasteiger partial charge in [-0.3, -0.25) is 4.79 Å². The van der Waals surface area contributed by atoms with Gasteiger partial charge in [0.25, 0.3) is 5.91 Å². The number of nitrogens with one attached hydrogen (secondary N) is 1. The molecule has 1 amide bonds. The maximum absolute atomic E-state index is 13.1. The molecule has 5 rings (SSSR count). The number of anilines is 1. The molecule has 2 aromatic heterocycles. The van der Waals surface area contributed by atoms with E-state index in [1.807, 2.05) is 36.4 Å². The van der Waals surface area contributed by atoms with Crippen LogP contribution < -0.4 is 14.8 Å². The number of rotatable bonds is 4. The monoisotopic (exact) mass is 390 g/mol. The van der Waals surface area contributed by atoms with E-state index in [1.165, 1.54) is 11.3 Å². The summed E-state index contributed by atoms with van der Waals surface area (Å²) in [5.74, 6) is 1.05. The van der Waals surface area contributed by atoms with Crippen LogP contribution in [0.5, 0.6) is 11.5 Å². The van der Waals surface area contributed by atoms with Crippen LogP contribution in [0.15, 0.2) is 71.5 Å². The van der Waals surface area contributed by atoms with E-state index in [4.69, 9.17) is 18.9 Å². The first kappa shape index (κ1) is 16.6. The second-order valence-corrected chi connectivity index (χ2v) is 7.10. The van der Waals surface area contributed by atoms with Gasteiger partial charge >= 0.3 is 0 Å². The van der Waals surface area contributed by atoms with Crippen LogP contribution in [-0.2, 0) is 0 Å². The Kier molecular flexibility index (Phi) is 4.06. The lowest BCUT2D eigenvalue weighted by Crippen LogP contribution is -2.11. The van der Waals surface area contributed by atoms with Gasteiger partial charge in [0.05, 0.1) is 12.0 Å². The lowest BCUT2D eigenvalue weighted by Gasteiger charge is -2.06. The molecule has 0 spiro atoms. The first-order valence-corrected chi connectivity index (χ1v) is 9.39. The normalized spacial score (nSPS) is 12.1. The molecular formula is C21H14N2O4S. The van der Waals surface area contributed by atoms with Gasteiger partial charge in [0.1, 0.15) is 16.1 Å². The minimum absolute atomic E-state index is 0.188. The van der Waals surface area contributed by atoms with Crippen molar-refractivity contribution in [2.45, 2.75) is 0 Å². The third-order valence-electron chi connectivity index (χ3n) is 4.28. The largest absolute Gasteiger partial charge is 0.472 e. The Hall–Kier alpha value is -3.58. The fraction of sp³-hybridized carbons (Fsp3) is 0.0476. The Morgan fingerprint density at radius 2 is 1.86 bits per heavy atom. The van der Waals surface area contributed by atoms with Crippen molar-refractivity contribution in [3.05, 3.63) is 72.0 Å². The molecule has 1 N–H and O–H groups in total. The van der Waals surface area contributed by atoms with Gasteiger partial charge in [0, 0.05) is 22.9 Å². The average Bonchev–Trinajstić information content (AvgIpc) is 3.47. The van der Waals surface area contributed by atoms with Crippen molar-refractivity contribution >= 4 is 22.9 Å². The molecule has 0 bridgehead atoms. The fourth-order valence-electron chi connectivity index (χ4n) is 2.94. The minimum atomic E-state index is -0.232. The Morgan fingerprint density at radius 3 is 2.68 bits per heavy atom. The van der Waals surface area contributed by atoms with Gasteiger partial charge in [-0.1, -0.05) is 30.3 Å². The highest BCUT2D eigenvalue weighted by Gasteiger charge is 2.22. The maximum atomic E-state index is 13.1. The first-order chi connectivity index (χ1) is 13.8. The molecule has 1 aliphatic rings. The summed E-state index contributed by atoms with van der Waals surface area (Å²) in [5.41, 5.74) is 2.99. The standard InChI is InChI=1S/C21H14N2O4S/c24-20(22-15-6-7-16-17(10-15)27-12-26-16)19-18(13-4-2-1-3-5-13)23-21(28-19)14-8-9-25-11-14/h1-11H,12H2,(H,22,24). The number of carbonyl (C=O) groups is 1. The summed E-state index contributed by atoms with van der Waals surface area (Å²) in [6, 6.07) is 16.8. The summed E-state index contributed by atoms with van der Waals surface area (Å²) in [6.45, 7) is 0.188. The molecule has 0 fully saturated rings. The van der Waals surface area contributed by atoms with Crippen LogP contribution in [0, 0.1) is 0 Å². The Labute approximate surface area is 164 Å². The number of carbonyl (C=O) groups excluding carboxylic acids is 1. The number of furan rings is 1. The molecule has 3 heterocycles. The van der Waals surface area contributed by atoms with Crippen LogP contribution in [0.25, 0.3) is 21.8 Å². The number of thiazole rings is 1. The molecule has 0 saturated heterocycles. The maximum Gasteiger partial charge on any atom is 0.268 e. The number of aromatic nitrogens is 1. The Balaban J connectivity index is 1.51. The number of benzene rings is 2. The van der Waals surface area contributed by atoms with Crippen molar-refractivity contribution in [3.8, 4) is 33.3 Å². The van der Waals surface area contributed by atoms with Crippen molar-refractivity contribution in [1.29, 1.82) is 0 Å². The molecule has 0 aliphatic carbocycles. The van der Waals surface area contributed by atoms with E-state index in [-0.39, 0.29) is 12.7 Å². The lowest BCUT2D eigenvalue weighted by atomic mass is 10.1. The fourth-order valence-corrected chi connectivity index (χ4v) is 3.91. The Morgan fingerprint density at radius 1 is 1.00 bits per heavy atom. The smallest absolute Gasteiger partial charge is 0.268 e. The second-order valence-electron chi connectivity index (χ2n) is 6.10. The molecule has 1 aliphatic heterocycles. The Bertz CT molecular complexity index is 1140. The van der Waals surface area contributed by atoms with Gasteiger partial charge in [0.15, 0.2) is 11.5 Å². The number of fused-ring (bicyclic) bond motifs is 1. The van der Waals surface area contributed by atoms with E-state index in [0.717, 1.165) is 16.1 Å². The van der Waals surface area contributed by atoms with Crippen LogP contribution in [0.3, 0.4) is 0 Å². The van der Waals surface area contributed by atoms with E-state index >= 15 is 0 Å². The zero-order valence-corrected chi connectivity index (χ0v) is 15.4. The topological polar surface area (TPSA) is 73.6 Å². The van der Waals surface area contributed by atoms with Crippen LogP contribution >= 0.6 is 11.3 Å². The predicted octanol–water partition coefficient (Wildman–Crippen LogP) is 5.05. The first-order valence-electron chi connectivity index (χ1n) is 8.58. The van der Waals surface area contributed by atoms with Crippen molar-refractivity contribution in [2.75, 3.05) is 12.1 Å². The number of amides is 1. The van der Waals surface area contributed by atoms with Gasteiger partial charge in [-0.15, -0.1) is 11.3 Å². The van der Waals surface area contributed by atoms with Crippen molar-refractivity contribution in [1.82, 2.24) is 4.98 Å². The number of hydrogen-bond acceptors (Lipinski definition) is 6. The predicted molar refractivity (Wildman–Crippen MR) is 106 cm³/mol. The summed E-state index contributed by atoms with van der Waals surface area (Å²) in [7, 11) is 0. The SMILES string of the molecule is O=C(Nc1ccc2c(c1)OCO2)c1sc(-c2ccoc2)nc1-c1ccccc1. The molecule has 0 radical (unpaired) electrons. The van der Waals surface area contributed by atoms with Gasteiger partial charge in [-0.05, 0) is 18.2 Å². The van der Waals surface area contributed by atoms with Crippen molar-refractivity contribution < 1.29 is 18.7 Å². The van der Waals surface area contributed by atoms with Gasteiger partial charge < -0.3 is 19.2 Å². The molecule has 4 aromatic rings. The molecule has 6 nitrogen and oxygen atoms in total. The van der Waals surface area contributed by atoms with Crippen molar-refractivity contribution in [2.24, 2.45) is 0 Å². The van der Waals surface area contributed by atoms with Crippen LogP contribution in [0.1, 0.15) is 9.67 Å². The third-order valence-corrected chi connectivity index (χ3v) is 5.38. The average molecular weight is 390 g/mol. The van der Waals surface area contributed by atoms with E-state index in [9.17, 15) is 4.79 Å². The highest BCUT2D eigenvalue weighted by atomic mass is 32.1. The molecule has 0 unspecified atom stereocenters. The molecule has 7 heteroatoms. The summed E-state index contributed by atoms with van der Waals surface area (Å²) in [5, 5.41) is 3.65. The van der Waals surface area contributed by atoms with E-state index in [1.54, 1.807) is 30.7 Å². The van der Waals surface area contributed by atoms with E-state index < -0.39 is 0 Å². The molecule has 0 atom stereocenters. The summed E-state index contributed by atoms with van der Waals surface area (Å²) in [6.07, 6.45) is 3.21. The highest BCUT2D eigenvalue weighted by Crippen LogP contribution is 2.36. The summed E-state index contributed by atoms with van der Waals surface area (Å²) >= 11 is 1.33. The third kappa shape index (κ3) is 3.01. The van der Waals surface area contributed by atoms with E-state index in [0.29, 0.717) is 27.8 Å². The highest BCUT2D eigenvalue weighted by molar-refractivity contribution is 7.17. The van der Waals surface area contributed by atoms with Gasteiger partial charge in [-0.2, -0.15) is 0 Å². The summed E-state index contributed by atoms with van der Waals surface area (Å²) in [4.78, 5) is 18.3. The summed E-state index contributed by atoms with van der Waals surface area (Å²) < 4.78 is 15.9. The number of ether oxygens (including phenoxy) is 2. The van der Waals surface area contributed by atoms with E-state index in [2.05, 4.69) is 5.32 Å². The van der Waals surface area contributed by atoms with Crippen LogP contribution in [0.2, 0.25) is 0 Å². The molecule has 0 saturated carbocycles. The van der Waals surface area contributed by atoms with Crippen LogP contribution in [0.4, 0.5) is 5.69 Å². The molecular weight excluding hydrogens is 376 g/mol.